The molecule has 1 amide bonds. The summed E-state index contributed by atoms with van der Waals surface area (Å²) in [7, 11) is 1.70. The Bertz CT molecular complexity index is 464. The normalized spacial score (nSPS) is 23.0. The molecule has 2 unspecified atom stereocenters. The monoisotopic (exact) mass is 265 g/mol. The summed E-state index contributed by atoms with van der Waals surface area (Å²) in [5.74, 6) is -0.336. The van der Waals surface area contributed by atoms with E-state index in [-0.39, 0.29) is 23.7 Å². The van der Waals surface area contributed by atoms with Gasteiger partial charge < -0.3 is 20.9 Å². The number of pyridine rings is 1. The molecule has 1 fully saturated rings. The van der Waals surface area contributed by atoms with Crippen LogP contribution in [0.25, 0.3) is 0 Å². The summed E-state index contributed by atoms with van der Waals surface area (Å²) in [4.78, 5) is 15.4. The molecule has 1 aliphatic rings. The second-order valence-corrected chi connectivity index (χ2v) is 4.75. The second kappa shape index (κ2) is 5.88. The number of nitrogens with two attached hydrogens (primary N) is 2. The van der Waals surface area contributed by atoms with Gasteiger partial charge in [-0.05, 0) is 25.3 Å². The molecule has 2 rings (SSSR count). The first-order chi connectivity index (χ1) is 9.10. The quantitative estimate of drug-likeness (QED) is 0.849. The average Bonchev–Trinajstić information content (AvgIpc) is 2.41. The maximum absolute atomic E-state index is 11.4. The van der Waals surface area contributed by atoms with E-state index in [1.54, 1.807) is 7.11 Å². The molecular formula is C13H19N3O3. The number of ether oxygens (including phenoxy) is 2. The van der Waals surface area contributed by atoms with Crippen LogP contribution >= 0.6 is 0 Å². The maximum atomic E-state index is 11.4. The molecule has 6 heteroatoms. The van der Waals surface area contributed by atoms with Gasteiger partial charge in [0, 0.05) is 13.5 Å². The van der Waals surface area contributed by atoms with Crippen LogP contribution in [0.15, 0.2) is 12.3 Å². The Morgan fingerprint density at radius 2 is 2.16 bits per heavy atom. The van der Waals surface area contributed by atoms with Gasteiger partial charge in [0.1, 0.15) is 11.7 Å². The van der Waals surface area contributed by atoms with Gasteiger partial charge in [0.25, 0.3) is 5.91 Å². The number of primary amides is 1. The van der Waals surface area contributed by atoms with Crippen LogP contribution in [0.1, 0.15) is 36.0 Å². The van der Waals surface area contributed by atoms with E-state index in [9.17, 15) is 4.79 Å². The third-order valence-electron chi connectivity index (χ3n) is 3.33. The van der Waals surface area contributed by atoms with E-state index < -0.39 is 5.91 Å². The van der Waals surface area contributed by atoms with Crippen molar-refractivity contribution in [1.82, 2.24) is 4.98 Å². The molecule has 1 heterocycles. The van der Waals surface area contributed by atoms with Gasteiger partial charge in [-0.1, -0.05) is 0 Å². The van der Waals surface area contributed by atoms with Crippen molar-refractivity contribution >= 4 is 11.6 Å². The maximum Gasteiger partial charge on any atom is 0.254 e. The SMILES string of the molecule is COC1CCCC(Oc2ncc(N)cc2C(N)=O)C1. The molecule has 19 heavy (non-hydrogen) atoms. The van der Waals surface area contributed by atoms with E-state index in [1.807, 2.05) is 0 Å². The summed E-state index contributed by atoms with van der Waals surface area (Å²) in [5, 5.41) is 0. The summed E-state index contributed by atoms with van der Waals surface area (Å²) >= 11 is 0. The average molecular weight is 265 g/mol. The molecular weight excluding hydrogens is 246 g/mol. The van der Waals surface area contributed by atoms with Crippen LogP contribution in [0, 0.1) is 0 Å². The van der Waals surface area contributed by atoms with E-state index in [0.29, 0.717) is 5.69 Å². The van der Waals surface area contributed by atoms with Crippen molar-refractivity contribution in [3.8, 4) is 5.88 Å². The number of nitrogens with zero attached hydrogens (tertiary/aromatic N) is 1. The number of methoxy groups -OCH3 is 1. The number of amides is 1. The zero-order valence-corrected chi connectivity index (χ0v) is 11.0. The van der Waals surface area contributed by atoms with Gasteiger partial charge in [-0.3, -0.25) is 4.79 Å². The Kier molecular flexibility index (Phi) is 4.21. The fraction of sp³-hybridized carbons (Fsp3) is 0.538. The van der Waals surface area contributed by atoms with Crippen molar-refractivity contribution in [2.75, 3.05) is 12.8 Å². The summed E-state index contributed by atoms with van der Waals surface area (Å²) in [6, 6.07) is 1.49. The second-order valence-electron chi connectivity index (χ2n) is 4.75. The van der Waals surface area contributed by atoms with Gasteiger partial charge in [-0.25, -0.2) is 4.98 Å². The van der Waals surface area contributed by atoms with Crippen LogP contribution in [0.3, 0.4) is 0 Å². The summed E-state index contributed by atoms with van der Waals surface area (Å²) in [6.07, 6.45) is 5.43. The minimum atomic E-state index is -0.589. The van der Waals surface area contributed by atoms with Crippen molar-refractivity contribution in [1.29, 1.82) is 0 Å². The minimum Gasteiger partial charge on any atom is -0.474 e. The molecule has 4 N–H and O–H groups in total. The van der Waals surface area contributed by atoms with Crippen LogP contribution < -0.4 is 16.2 Å². The van der Waals surface area contributed by atoms with Crippen molar-refractivity contribution in [3.05, 3.63) is 17.8 Å². The van der Waals surface area contributed by atoms with Crippen molar-refractivity contribution in [3.63, 3.8) is 0 Å². The fourth-order valence-corrected chi connectivity index (χ4v) is 2.32. The first-order valence-corrected chi connectivity index (χ1v) is 6.35. The van der Waals surface area contributed by atoms with Crippen molar-refractivity contribution in [2.45, 2.75) is 37.9 Å². The topological polar surface area (TPSA) is 100 Å². The Balaban J connectivity index is 2.12. The molecule has 1 aromatic heterocycles. The van der Waals surface area contributed by atoms with Gasteiger partial charge in [0.15, 0.2) is 0 Å². The number of carbonyl (C=O) groups is 1. The van der Waals surface area contributed by atoms with E-state index in [0.717, 1.165) is 25.7 Å². The van der Waals surface area contributed by atoms with Crippen LogP contribution in [0.5, 0.6) is 5.88 Å². The highest BCUT2D eigenvalue weighted by molar-refractivity contribution is 5.95. The van der Waals surface area contributed by atoms with Crippen molar-refractivity contribution < 1.29 is 14.3 Å². The molecule has 1 aliphatic carbocycles. The summed E-state index contributed by atoms with van der Waals surface area (Å²) in [6.45, 7) is 0. The fourth-order valence-electron chi connectivity index (χ4n) is 2.32. The van der Waals surface area contributed by atoms with Crippen molar-refractivity contribution in [2.24, 2.45) is 5.73 Å². The highest BCUT2D eigenvalue weighted by atomic mass is 16.5. The molecule has 104 valence electrons. The predicted octanol–water partition coefficient (Wildman–Crippen LogP) is 1.10. The lowest BCUT2D eigenvalue weighted by Crippen LogP contribution is -2.30. The largest absolute Gasteiger partial charge is 0.474 e. The summed E-state index contributed by atoms with van der Waals surface area (Å²) < 4.78 is 11.1. The molecule has 0 spiro atoms. The third kappa shape index (κ3) is 3.35. The minimum absolute atomic E-state index is 0.00655. The highest BCUT2D eigenvalue weighted by Crippen LogP contribution is 2.26. The van der Waals surface area contributed by atoms with Gasteiger partial charge in [0.05, 0.1) is 18.0 Å². The Morgan fingerprint density at radius 3 is 2.84 bits per heavy atom. The van der Waals surface area contributed by atoms with Gasteiger partial charge in [-0.2, -0.15) is 0 Å². The first kappa shape index (κ1) is 13.6. The van der Waals surface area contributed by atoms with Gasteiger partial charge in [-0.15, -0.1) is 0 Å². The van der Waals surface area contributed by atoms with E-state index >= 15 is 0 Å². The van der Waals surface area contributed by atoms with E-state index in [2.05, 4.69) is 4.98 Å². The van der Waals surface area contributed by atoms with Gasteiger partial charge in [0.2, 0.25) is 5.88 Å². The molecule has 0 aliphatic heterocycles. The summed E-state index contributed by atoms with van der Waals surface area (Å²) in [5.41, 5.74) is 11.5. The lowest BCUT2D eigenvalue weighted by atomic mass is 9.95. The van der Waals surface area contributed by atoms with Crippen LogP contribution in [-0.2, 0) is 4.74 Å². The standard InChI is InChI=1S/C13H19N3O3/c1-18-9-3-2-4-10(6-9)19-13-11(12(15)17)5-8(14)7-16-13/h5,7,9-10H,2-4,6,14H2,1H3,(H2,15,17). The number of hydrogen-bond acceptors (Lipinski definition) is 5. The zero-order valence-electron chi connectivity index (χ0n) is 11.0. The van der Waals surface area contributed by atoms with E-state index in [4.69, 9.17) is 20.9 Å². The Morgan fingerprint density at radius 1 is 1.42 bits per heavy atom. The lowest BCUT2D eigenvalue weighted by Gasteiger charge is -2.28. The molecule has 2 atom stereocenters. The van der Waals surface area contributed by atoms with Crippen LogP contribution in [-0.4, -0.2) is 30.2 Å². The zero-order chi connectivity index (χ0) is 13.8. The van der Waals surface area contributed by atoms with Crippen LogP contribution in [0.4, 0.5) is 5.69 Å². The number of nitrogen functional groups attached to an aromatic ring is 1. The number of carbonyl (C=O) groups excluding carboxylic acids is 1. The van der Waals surface area contributed by atoms with Crippen LogP contribution in [0.2, 0.25) is 0 Å². The van der Waals surface area contributed by atoms with E-state index in [1.165, 1.54) is 12.3 Å². The third-order valence-corrected chi connectivity index (χ3v) is 3.33. The lowest BCUT2D eigenvalue weighted by molar-refractivity contribution is 0.0192. The number of hydrogen-bond donors (Lipinski definition) is 2. The first-order valence-electron chi connectivity index (χ1n) is 6.35. The highest BCUT2D eigenvalue weighted by Gasteiger charge is 2.25. The number of rotatable bonds is 4. The smallest absolute Gasteiger partial charge is 0.254 e. The molecule has 0 bridgehead atoms. The van der Waals surface area contributed by atoms with Gasteiger partial charge >= 0.3 is 0 Å². The molecule has 0 saturated heterocycles. The molecule has 1 aromatic rings. The molecule has 0 aromatic carbocycles. The number of anilines is 1. The molecule has 6 nitrogen and oxygen atoms in total. The Labute approximate surface area is 112 Å². The molecule has 0 radical (unpaired) electrons. The predicted molar refractivity (Wildman–Crippen MR) is 70.8 cm³/mol. The number of aromatic nitrogens is 1. The molecule has 1 saturated carbocycles. The Hall–Kier alpha value is -1.82.